The zero-order valence-electron chi connectivity index (χ0n) is 12.7. The highest BCUT2D eigenvalue weighted by Crippen LogP contribution is 2.30. The summed E-state index contributed by atoms with van der Waals surface area (Å²) >= 11 is 6.27. The summed E-state index contributed by atoms with van der Waals surface area (Å²) < 4.78 is 0. The molecule has 0 bridgehead atoms. The molecule has 1 N–H and O–H groups in total. The minimum absolute atomic E-state index is 0.152. The molecule has 0 heterocycles. The van der Waals surface area contributed by atoms with Gasteiger partial charge >= 0.3 is 0 Å². The number of halogens is 1. The van der Waals surface area contributed by atoms with E-state index in [0.29, 0.717) is 0 Å². The molecule has 114 valence electrons. The van der Waals surface area contributed by atoms with Crippen LogP contribution in [-0.2, 0) is 4.79 Å². The fraction of sp³-hybridized carbons (Fsp3) is 0.316. The Bertz CT molecular complexity index is 672. The lowest BCUT2D eigenvalue weighted by Gasteiger charge is -2.11. The zero-order chi connectivity index (χ0) is 15.5. The first-order valence-corrected chi connectivity index (χ1v) is 8.19. The summed E-state index contributed by atoms with van der Waals surface area (Å²) in [7, 11) is 0. The number of carbonyl (C=O) groups excluding carboxylic acids is 1. The molecule has 1 aliphatic rings. The number of anilines is 1. The summed E-state index contributed by atoms with van der Waals surface area (Å²) in [4.78, 5) is 12.1. The molecule has 2 nitrogen and oxygen atoms in total. The number of carbonyl (C=O) groups is 1. The minimum Gasteiger partial charge on any atom is -0.326 e. The highest BCUT2D eigenvalue weighted by atomic mass is 35.5. The summed E-state index contributed by atoms with van der Waals surface area (Å²) in [5.74, 6) is 0.338. The molecule has 2 aromatic rings. The summed E-state index contributed by atoms with van der Waals surface area (Å²) in [5.41, 5.74) is 4.12. The molecule has 0 spiro atoms. The van der Waals surface area contributed by atoms with E-state index in [-0.39, 0.29) is 11.8 Å². The van der Waals surface area contributed by atoms with E-state index in [1.54, 1.807) is 0 Å². The number of aryl methyl sites for hydroxylation is 1. The maximum Gasteiger partial charge on any atom is 0.227 e. The molecule has 0 radical (unpaired) electrons. The van der Waals surface area contributed by atoms with Crippen molar-refractivity contribution in [3.63, 3.8) is 0 Å². The monoisotopic (exact) mass is 313 g/mol. The Morgan fingerprint density at radius 1 is 1.09 bits per heavy atom. The Kier molecular flexibility index (Phi) is 4.49. The van der Waals surface area contributed by atoms with Crippen molar-refractivity contribution in [2.24, 2.45) is 5.92 Å². The Hall–Kier alpha value is -1.80. The van der Waals surface area contributed by atoms with Gasteiger partial charge in [-0.1, -0.05) is 48.2 Å². The summed E-state index contributed by atoms with van der Waals surface area (Å²) in [6.07, 6.45) is 4.37. The molecule has 1 fully saturated rings. The van der Waals surface area contributed by atoms with Crippen molar-refractivity contribution in [1.29, 1.82) is 0 Å². The van der Waals surface area contributed by atoms with E-state index in [0.717, 1.165) is 34.7 Å². The van der Waals surface area contributed by atoms with Crippen LogP contribution in [0.1, 0.15) is 31.2 Å². The average Bonchev–Trinajstić information content (AvgIpc) is 3.05. The predicted octanol–water partition coefficient (Wildman–Crippen LogP) is 5.44. The van der Waals surface area contributed by atoms with Crippen LogP contribution >= 0.6 is 11.6 Å². The van der Waals surface area contributed by atoms with E-state index in [1.807, 2.05) is 36.4 Å². The van der Waals surface area contributed by atoms with Crippen LogP contribution in [0.2, 0.25) is 5.02 Å². The van der Waals surface area contributed by atoms with Gasteiger partial charge in [0.2, 0.25) is 5.91 Å². The molecule has 0 aromatic heterocycles. The van der Waals surface area contributed by atoms with Gasteiger partial charge in [0, 0.05) is 22.2 Å². The third-order valence-electron chi connectivity index (χ3n) is 4.31. The lowest BCUT2D eigenvalue weighted by Crippen LogP contribution is -2.20. The number of amides is 1. The van der Waals surface area contributed by atoms with Gasteiger partial charge in [-0.15, -0.1) is 0 Å². The van der Waals surface area contributed by atoms with Crippen LogP contribution in [0.4, 0.5) is 5.69 Å². The van der Waals surface area contributed by atoms with E-state index in [9.17, 15) is 4.79 Å². The van der Waals surface area contributed by atoms with Crippen molar-refractivity contribution in [3.05, 3.63) is 53.1 Å². The van der Waals surface area contributed by atoms with Gasteiger partial charge in [-0.3, -0.25) is 4.79 Å². The van der Waals surface area contributed by atoms with Gasteiger partial charge < -0.3 is 5.32 Å². The Labute approximate surface area is 136 Å². The molecule has 3 rings (SSSR count). The van der Waals surface area contributed by atoms with Crippen molar-refractivity contribution in [1.82, 2.24) is 0 Å². The van der Waals surface area contributed by atoms with Crippen LogP contribution in [-0.4, -0.2) is 5.91 Å². The van der Waals surface area contributed by atoms with Crippen molar-refractivity contribution < 1.29 is 4.79 Å². The topological polar surface area (TPSA) is 29.1 Å². The molecule has 1 saturated carbocycles. The number of rotatable bonds is 3. The van der Waals surface area contributed by atoms with Crippen LogP contribution in [0.3, 0.4) is 0 Å². The van der Waals surface area contributed by atoms with Crippen LogP contribution in [0.25, 0.3) is 11.1 Å². The first-order chi connectivity index (χ1) is 10.6. The number of hydrogen-bond acceptors (Lipinski definition) is 1. The fourth-order valence-corrected chi connectivity index (χ4v) is 3.25. The second-order valence-corrected chi connectivity index (χ2v) is 6.44. The smallest absolute Gasteiger partial charge is 0.227 e. The standard InChI is InChI=1S/C19H20ClNO/c1-13-6-11-18(20)17(12-13)14-7-9-16(10-8-14)21-19(22)15-4-2-3-5-15/h6-12,15H,2-5H2,1H3,(H,21,22). The molecule has 1 aliphatic carbocycles. The second-order valence-electron chi connectivity index (χ2n) is 6.03. The lowest BCUT2D eigenvalue weighted by molar-refractivity contribution is -0.119. The van der Waals surface area contributed by atoms with Gasteiger partial charge in [0.1, 0.15) is 0 Å². The Balaban J connectivity index is 1.75. The maximum absolute atomic E-state index is 12.1. The number of nitrogens with one attached hydrogen (secondary N) is 1. The first kappa shape index (κ1) is 15.1. The highest BCUT2D eigenvalue weighted by Gasteiger charge is 2.22. The van der Waals surface area contributed by atoms with E-state index in [1.165, 1.54) is 18.4 Å². The lowest BCUT2D eigenvalue weighted by atomic mass is 10.0. The van der Waals surface area contributed by atoms with Gasteiger partial charge in [0.15, 0.2) is 0 Å². The molecule has 1 amide bonds. The predicted molar refractivity (Wildman–Crippen MR) is 92.2 cm³/mol. The van der Waals surface area contributed by atoms with E-state index in [2.05, 4.69) is 18.3 Å². The fourth-order valence-electron chi connectivity index (χ4n) is 3.03. The van der Waals surface area contributed by atoms with Gasteiger partial charge in [-0.2, -0.15) is 0 Å². The van der Waals surface area contributed by atoms with Crippen molar-refractivity contribution in [3.8, 4) is 11.1 Å². The van der Waals surface area contributed by atoms with Gasteiger partial charge in [-0.25, -0.2) is 0 Å². The van der Waals surface area contributed by atoms with Crippen molar-refractivity contribution >= 4 is 23.2 Å². The average molecular weight is 314 g/mol. The molecular weight excluding hydrogens is 294 g/mol. The highest BCUT2D eigenvalue weighted by molar-refractivity contribution is 6.33. The van der Waals surface area contributed by atoms with E-state index < -0.39 is 0 Å². The molecular formula is C19H20ClNO. The minimum atomic E-state index is 0.152. The van der Waals surface area contributed by atoms with E-state index >= 15 is 0 Å². The molecule has 22 heavy (non-hydrogen) atoms. The zero-order valence-corrected chi connectivity index (χ0v) is 13.5. The van der Waals surface area contributed by atoms with Gasteiger partial charge in [0.25, 0.3) is 0 Å². The second kappa shape index (κ2) is 6.53. The third kappa shape index (κ3) is 3.33. The maximum atomic E-state index is 12.1. The Morgan fingerprint density at radius 3 is 2.45 bits per heavy atom. The van der Waals surface area contributed by atoms with E-state index in [4.69, 9.17) is 11.6 Å². The van der Waals surface area contributed by atoms with Crippen LogP contribution in [0, 0.1) is 12.8 Å². The largest absolute Gasteiger partial charge is 0.326 e. The summed E-state index contributed by atoms with van der Waals surface area (Å²) in [5, 5.41) is 3.76. The molecule has 2 aromatic carbocycles. The van der Waals surface area contributed by atoms with Crippen molar-refractivity contribution in [2.45, 2.75) is 32.6 Å². The summed E-state index contributed by atoms with van der Waals surface area (Å²) in [6.45, 7) is 2.05. The molecule has 0 saturated heterocycles. The van der Waals surface area contributed by atoms with Gasteiger partial charge in [-0.05, 0) is 49.6 Å². The normalized spacial score (nSPS) is 15.0. The number of benzene rings is 2. The van der Waals surface area contributed by atoms with Gasteiger partial charge in [0.05, 0.1) is 0 Å². The Morgan fingerprint density at radius 2 is 1.77 bits per heavy atom. The third-order valence-corrected chi connectivity index (χ3v) is 4.64. The quantitative estimate of drug-likeness (QED) is 0.802. The number of hydrogen-bond donors (Lipinski definition) is 1. The van der Waals surface area contributed by atoms with Crippen LogP contribution in [0.15, 0.2) is 42.5 Å². The molecule has 0 aliphatic heterocycles. The first-order valence-electron chi connectivity index (χ1n) is 7.81. The summed E-state index contributed by atoms with van der Waals surface area (Å²) in [6, 6.07) is 13.9. The van der Waals surface area contributed by atoms with Crippen LogP contribution in [0.5, 0.6) is 0 Å². The molecule has 0 atom stereocenters. The molecule has 3 heteroatoms. The molecule has 0 unspecified atom stereocenters. The van der Waals surface area contributed by atoms with Crippen LogP contribution < -0.4 is 5.32 Å². The van der Waals surface area contributed by atoms with Crippen molar-refractivity contribution in [2.75, 3.05) is 5.32 Å². The SMILES string of the molecule is Cc1ccc(Cl)c(-c2ccc(NC(=O)C3CCCC3)cc2)c1.